The van der Waals surface area contributed by atoms with Gasteiger partial charge in [0, 0.05) is 16.7 Å². The van der Waals surface area contributed by atoms with E-state index in [9.17, 15) is 14.4 Å². The van der Waals surface area contributed by atoms with Gasteiger partial charge in [0.05, 0.1) is 11.5 Å². The lowest BCUT2D eigenvalue weighted by atomic mass is 10.2. The first-order valence-electron chi connectivity index (χ1n) is 10.0. The fourth-order valence-electron chi connectivity index (χ4n) is 2.93. The number of amides is 3. The van der Waals surface area contributed by atoms with Gasteiger partial charge in [-0.15, -0.1) is 0 Å². The standard InChI is InChI=1S/C23H23BrN2O5S/c1-4-26-22(28)20(32-23(26)29)11-15-10-18(30-5-2)19(12-17(15)24)31-13-21(27)25-16-8-6-14(3)7-9-16/h6-12H,4-5,13H2,1-3H3,(H,25,27)/b20-11+. The molecule has 168 valence electrons. The number of halogens is 1. The van der Waals surface area contributed by atoms with E-state index in [1.807, 2.05) is 38.1 Å². The lowest BCUT2D eigenvalue weighted by Gasteiger charge is -2.14. The van der Waals surface area contributed by atoms with Crippen molar-refractivity contribution in [3.8, 4) is 11.5 Å². The molecule has 7 nitrogen and oxygen atoms in total. The van der Waals surface area contributed by atoms with Gasteiger partial charge in [-0.2, -0.15) is 0 Å². The first-order chi connectivity index (χ1) is 15.3. The van der Waals surface area contributed by atoms with Crippen LogP contribution in [0, 0.1) is 6.92 Å². The van der Waals surface area contributed by atoms with Gasteiger partial charge in [-0.05, 0) is 68.4 Å². The third-order valence-electron chi connectivity index (χ3n) is 4.53. The fourth-order valence-corrected chi connectivity index (χ4v) is 4.26. The Hall–Kier alpha value is -2.78. The van der Waals surface area contributed by atoms with Crippen molar-refractivity contribution in [3.05, 3.63) is 56.9 Å². The van der Waals surface area contributed by atoms with Gasteiger partial charge >= 0.3 is 0 Å². The van der Waals surface area contributed by atoms with Crippen LogP contribution in [0.15, 0.2) is 45.8 Å². The van der Waals surface area contributed by atoms with Crippen LogP contribution in [0.3, 0.4) is 0 Å². The van der Waals surface area contributed by atoms with Crippen LogP contribution >= 0.6 is 27.7 Å². The number of carbonyl (C=O) groups is 3. The molecule has 1 fully saturated rings. The summed E-state index contributed by atoms with van der Waals surface area (Å²) in [6, 6.07) is 10.9. The van der Waals surface area contributed by atoms with Crippen LogP contribution in [0.1, 0.15) is 25.0 Å². The Kier molecular flexibility index (Phi) is 7.98. The van der Waals surface area contributed by atoms with E-state index in [0.29, 0.717) is 45.3 Å². The molecule has 1 saturated heterocycles. The monoisotopic (exact) mass is 518 g/mol. The molecule has 1 heterocycles. The molecular weight excluding hydrogens is 496 g/mol. The lowest BCUT2D eigenvalue weighted by molar-refractivity contribution is -0.122. The highest BCUT2D eigenvalue weighted by Gasteiger charge is 2.33. The van der Waals surface area contributed by atoms with Crippen LogP contribution in [-0.4, -0.2) is 41.7 Å². The number of carbonyl (C=O) groups excluding carboxylic acids is 3. The molecule has 0 bridgehead atoms. The average molecular weight is 519 g/mol. The van der Waals surface area contributed by atoms with E-state index in [4.69, 9.17) is 9.47 Å². The molecule has 1 N–H and O–H groups in total. The SMILES string of the molecule is CCOc1cc(/C=C2/SC(=O)N(CC)C2=O)c(Br)cc1OCC(=O)Nc1ccc(C)cc1. The number of hydrogen-bond acceptors (Lipinski definition) is 6. The summed E-state index contributed by atoms with van der Waals surface area (Å²) < 4.78 is 12.0. The number of nitrogens with one attached hydrogen (secondary N) is 1. The topological polar surface area (TPSA) is 84.9 Å². The Morgan fingerprint density at radius 3 is 2.44 bits per heavy atom. The van der Waals surface area contributed by atoms with Crippen LogP contribution in [0.2, 0.25) is 0 Å². The molecule has 2 aromatic rings. The van der Waals surface area contributed by atoms with Gasteiger partial charge < -0.3 is 14.8 Å². The molecule has 0 spiro atoms. The minimum Gasteiger partial charge on any atom is -0.490 e. The molecule has 1 aliphatic heterocycles. The second-order valence-electron chi connectivity index (χ2n) is 6.88. The number of hydrogen-bond donors (Lipinski definition) is 1. The summed E-state index contributed by atoms with van der Waals surface area (Å²) in [5.74, 6) is 0.196. The van der Waals surface area contributed by atoms with Gasteiger partial charge in [0.15, 0.2) is 18.1 Å². The molecule has 0 aliphatic carbocycles. The Morgan fingerprint density at radius 1 is 1.12 bits per heavy atom. The van der Waals surface area contributed by atoms with E-state index in [1.54, 1.807) is 25.1 Å². The summed E-state index contributed by atoms with van der Waals surface area (Å²) in [6.07, 6.45) is 1.64. The maximum Gasteiger partial charge on any atom is 0.293 e. The molecule has 0 saturated carbocycles. The third kappa shape index (κ3) is 5.72. The zero-order chi connectivity index (χ0) is 23.3. The van der Waals surface area contributed by atoms with Crippen molar-refractivity contribution in [1.29, 1.82) is 0 Å². The molecule has 1 aliphatic rings. The minimum absolute atomic E-state index is 0.199. The number of ether oxygens (including phenoxy) is 2. The van der Waals surface area contributed by atoms with Crippen molar-refractivity contribution in [2.75, 3.05) is 25.1 Å². The number of thioether (sulfide) groups is 1. The van der Waals surface area contributed by atoms with Crippen LogP contribution in [0.5, 0.6) is 11.5 Å². The highest BCUT2D eigenvalue weighted by atomic mass is 79.9. The van der Waals surface area contributed by atoms with Gasteiger partial charge in [0.2, 0.25) is 0 Å². The quantitative estimate of drug-likeness (QED) is 0.481. The second kappa shape index (κ2) is 10.7. The van der Waals surface area contributed by atoms with Gasteiger partial charge in [0.25, 0.3) is 17.1 Å². The predicted octanol–water partition coefficient (Wildman–Crippen LogP) is 5.23. The van der Waals surface area contributed by atoms with Crippen molar-refractivity contribution in [2.45, 2.75) is 20.8 Å². The molecule has 32 heavy (non-hydrogen) atoms. The van der Waals surface area contributed by atoms with E-state index >= 15 is 0 Å². The summed E-state index contributed by atoms with van der Waals surface area (Å²) in [5.41, 5.74) is 2.45. The van der Waals surface area contributed by atoms with E-state index < -0.39 is 0 Å². The van der Waals surface area contributed by atoms with Crippen molar-refractivity contribution in [1.82, 2.24) is 4.90 Å². The number of aryl methyl sites for hydroxylation is 1. The van der Waals surface area contributed by atoms with Crippen molar-refractivity contribution < 1.29 is 23.9 Å². The van der Waals surface area contributed by atoms with Gasteiger partial charge in [-0.1, -0.05) is 33.6 Å². The molecule has 0 atom stereocenters. The highest BCUT2D eigenvalue weighted by Crippen LogP contribution is 2.38. The normalized spacial score (nSPS) is 14.8. The molecule has 2 aromatic carbocycles. The van der Waals surface area contributed by atoms with Crippen LogP contribution in [0.4, 0.5) is 10.5 Å². The predicted molar refractivity (Wildman–Crippen MR) is 129 cm³/mol. The van der Waals surface area contributed by atoms with E-state index in [-0.39, 0.29) is 23.7 Å². The Morgan fingerprint density at radius 2 is 1.81 bits per heavy atom. The second-order valence-corrected chi connectivity index (χ2v) is 8.73. The van der Waals surface area contributed by atoms with Gasteiger partial charge in [0.1, 0.15) is 0 Å². The zero-order valence-electron chi connectivity index (χ0n) is 17.9. The molecule has 3 rings (SSSR count). The maximum absolute atomic E-state index is 12.4. The first kappa shape index (κ1) is 23.9. The Balaban J connectivity index is 1.76. The van der Waals surface area contributed by atoms with E-state index in [1.165, 1.54) is 4.90 Å². The summed E-state index contributed by atoms with van der Waals surface area (Å²) in [6.45, 7) is 6.07. The van der Waals surface area contributed by atoms with Crippen LogP contribution in [-0.2, 0) is 9.59 Å². The van der Waals surface area contributed by atoms with Gasteiger partial charge in [-0.25, -0.2) is 0 Å². The number of rotatable bonds is 8. The highest BCUT2D eigenvalue weighted by molar-refractivity contribution is 9.10. The fraction of sp³-hybridized carbons (Fsp3) is 0.261. The summed E-state index contributed by atoms with van der Waals surface area (Å²) in [5, 5.41) is 2.49. The van der Waals surface area contributed by atoms with Gasteiger partial charge in [-0.3, -0.25) is 19.3 Å². The van der Waals surface area contributed by atoms with Crippen LogP contribution < -0.4 is 14.8 Å². The maximum atomic E-state index is 12.4. The summed E-state index contributed by atoms with van der Waals surface area (Å²) in [4.78, 5) is 38.1. The van der Waals surface area contributed by atoms with Crippen molar-refractivity contribution >= 4 is 56.5 Å². The van der Waals surface area contributed by atoms with E-state index in [2.05, 4.69) is 21.2 Å². The summed E-state index contributed by atoms with van der Waals surface area (Å²) in [7, 11) is 0. The zero-order valence-corrected chi connectivity index (χ0v) is 20.3. The largest absolute Gasteiger partial charge is 0.490 e. The smallest absolute Gasteiger partial charge is 0.293 e. The van der Waals surface area contributed by atoms with Crippen molar-refractivity contribution in [3.63, 3.8) is 0 Å². The Bertz CT molecular complexity index is 1070. The molecule has 3 amide bonds. The molecule has 0 aromatic heterocycles. The van der Waals surface area contributed by atoms with Crippen LogP contribution in [0.25, 0.3) is 6.08 Å². The third-order valence-corrected chi connectivity index (χ3v) is 6.13. The number of benzene rings is 2. The lowest BCUT2D eigenvalue weighted by Crippen LogP contribution is -2.27. The number of anilines is 1. The number of likely N-dealkylation sites (N-methyl/N-ethyl adjacent to an activating group) is 1. The first-order valence-corrected chi connectivity index (χ1v) is 11.6. The molecule has 0 unspecified atom stereocenters. The van der Waals surface area contributed by atoms with E-state index in [0.717, 1.165) is 17.3 Å². The number of nitrogens with zero attached hydrogens (tertiary/aromatic N) is 1. The molecule has 0 radical (unpaired) electrons. The van der Waals surface area contributed by atoms with Crippen molar-refractivity contribution in [2.24, 2.45) is 0 Å². The molecular formula is C23H23BrN2O5S. The number of imide groups is 1. The average Bonchev–Trinajstić information content (AvgIpc) is 3.03. The Labute approximate surface area is 199 Å². The minimum atomic E-state index is -0.319. The summed E-state index contributed by atoms with van der Waals surface area (Å²) >= 11 is 4.38. The molecule has 9 heteroatoms.